The highest BCUT2D eigenvalue weighted by Crippen LogP contribution is 2.29. The highest BCUT2D eigenvalue weighted by Gasteiger charge is 2.37. The highest BCUT2D eigenvalue weighted by molar-refractivity contribution is 6.13. The maximum Gasteiger partial charge on any atom is 0.334 e. The van der Waals surface area contributed by atoms with Crippen LogP contribution in [0.25, 0.3) is 21.5 Å². The van der Waals surface area contributed by atoms with Crippen LogP contribution in [-0.2, 0) is 16.0 Å². The standard InChI is InChI=1S/C29H29NO2/c1-28(2,3)32-27(31)29(4,19-21-12-6-5-7-13-21)30-20-26-24-16-10-8-14-22(24)18-23-15-9-11-17-25(23)26/h5-18,20H,19H2,1-4H3/t29-/m0/s1. The molecule has 1 atom stereocenters. The summed E-state index contributed by atoms with van der Waals surface area (Å²) in [6, 6.07) is 28.7. The van der Waals surface area contributed by atoms with Crippen LogP contribution in [0.5, 0.6) is 0 Å². The summed E-state index contributed by atoms with van der Waals surface area (Å²) in [6.07, 6.45) is 2.32. The van der Waals surface area contributed by atoms with Gasteiger partial charge in [-0.05, 0) is 60.9 Å². The third kappa shape index (κ3) is 4.72. The maximum atomic E-state index is 13.3. The van der Waals surface area contributed by atoms with Crippen LogP contribution in [-0.4, -0.2) is 23.3 Å². The van der Waals surface area contributed by atoms with E-state index in [2.05, 4.69) is 30.3 Å². The van der Waals surface area contributed by atoms with Crippen LogP contribution in [0.4, 0.5) is 0 Å². The third-order valence-electron chi connectivity index (χ3n) is 5.52. The number of benzene rings is 4. The molecule has 0 aliphatic carbocycles. The lowest BCUT2D eigenvalue weighted by molar-refractivity contribution is -0.160. The van der Waals surface area contributed by atoms with Crippen molar-refractivity contribution in [2.45, 2.75) is 45.3 Å². The van der Waals surface area contributed by atoms with Crippen molar-refractivity contribution in [1.82, 2.24) is 0 Å². The van der Waals surface area contributed by atoms with Gasteiger partial charge in [-0.3, -0.25) is 4.99 Å². The van der Waals surface area contributed by atoms with Crippen LogP contribution in [0.2, 0.25) is 0 Å². The molecule has 0 unspecified atom stereocenters. The quantitative estimate of drug-likeness (QED) is 0.202. The van der Waals surface area contributed by atoms with Crippen LogP contribution < -0.4 is 0 Å². The van der Waals surface area contributed by atoms with E-state index < -0.39 is 11.1 Å². The second kappa shape index (κ2) is 8.58. The van der Waals surface area contributed by atoms with Gasteiger partial charge in [0.25, 0.3) is 0 Å². The van der Waals surface area contributed by atoms with Gasteiger partial charge in [-0.2, -0.15) is 0 Å². The number of nitrogens with zero attached hydrogens (tertiary/aromatic N) is 1. The summed E-state index contributed by atoms with van der Waals surface area (Å²) >= 11 is 0. The molecular weight excluding hydrogens is 394 g/mol. The largest absolute Gasteiger partial charge is 0.458 e. The Balaban J connectivity index is 1.83. The molecule has 3 nitrogen and oxygen atoms in total. The summed E-state index contributed by atoms with van der Waals surface area (Å²) in [6.45, 7) is 7.51. The smallest absolute Gasteiger partial charge is 0.334 e. The van der Waals surface area contributed by atoms with Crippen LogP contribution in [0, 0.1) is 0 Å². The number of hydrogen-bond donors (Lipinski definition) is 0. The van der Waals surface area contributed by atoms with Gasteiger partial charge >= 0.3 is 5.97 Å². The van der Waals surface area contributed by atoms with Gasteiger partial charge < -0.3 is 4.74 Å². The van der Waals surface area contributed by atoms with Gasteiger partial charge in [-0.15, -0.1) is 0 Å². The predicted molar refractivity (Wildman–Crippen MR) is 133 cm³/mol. The summed E-state index contributed by atoms with van der Waals surface area (Å²) in [5.74, 6) is -0.324. The molecule has 0 spiro atoms. The molecule has 162 valence electrons. The number of rotatable bonds is 5. The van der Waals surface area contributed by atoms with E-state index in [0.29, 0.717) is 6.42 Å². The second-order valence-electron chi connectivity index (χ2n) is 9.43. The van der Waals surface area contributed by atoms with Crippen molar-refractivity contribution in [2.24, 2.45) is 4.99 Å². The van der Waals surface area contributed by atoms with Crippen molar-refractivity contribution < 1.29 is 9.53 Å². The molecule has 0 saturated heterocycles. The molecule has 0 aliphatic heterocycles. The first kappa shape index (κ1) is 21.8. The zero-order valence-electron chi connectivity index (χ0n) is 19.1. The monoisotopic (exact) mass is 423 g/mol. The van der Waals surface area contributed by atoms with E-state index in [9.17, 15) is 4.79 Å². The van der Waals surface area contributed by atoms with Gasteiger partial charge in [0.05, 0.1) is 0 Å². The molecule has 0 radical (unpaired) electrons. The van der Waals surface area contributed by atoms with Crippen molar-refractivity contribution in [1.29, 1.82) is 0 Å². The summed E-state index contributed by atoms with van der Waals surface area (Å²) < 4.78 is 5.79. The lowest BCUT2D eigenvalue weighted by Gasteiger charge is -2.29. The SMILES string of the molecule is CC(C)(C)OC(=O)[C@](C)(Cc1ccccc1)N=Cc1c2ccccc2cc2ccccc12. The third-order valence-corrected chi connectivity index (χ3v) is 5.52. The zero-order valence-corrected chi connectivity index (χ0v) is 19.1. The second-order valence-corrected chi connectivity index (χ2v) is 9.43. The zero-order chi connectivity index (χ0) is 22.8. The van der Waals surface area contributed by atoms with Crippen LogP contribution in [0.15, 0.2) is 89.9 Å². The molecule has 0 aliphatic rings. The molecule has 0 heterocycles. The molecule has 0 bridgehead atoms. The van der Waals surface area contributed by atoms with E-state index in [1.54, 1.807) is 0 Å². The normalized spacial score (nSPS) is 14.0. The molecule has 0 saturated carbocycles. The van der Waals surface area contributed by atoms with Crippen LogP contribution >= 0.6 is 0 Å². The Bertz CT molecular complexity index is 1230. The first-order valence-electron chi connectivity index (χ1n) is 11.0. The predicted octanol–water partition coefficient (Wildman–Crippen LogP) is 6.76. The minimum atomic E-state index is -1.05. The number of carbonyl (C=O) groups excluding carboxylic acids is 1. The molecule has 32 heavy (non-hydrogen) atoms. The van der Waals surface area contributed by atoms with Gasteiger partial charge in [0.2, 0.25) is 0 Å². The van der Waals surface area contributed by atoms with Gasteiger partial charge in [-0.1, -0.05) is 78.9 Å². The Kier molecular flexibility index (Phi) is 5.84. The van der Waals surface area contributed by atoms with Crippen LogP contribution in [0.3, 0.4) is 0 Å². The Morgan fingerprint density at radius 3 is 1.91 bits per heavy atom. The molecule has 0 aromatic heterocycles. The molecule has 4 aromatic carbocycles. The summed E-state index contributed by atoms with van der Waals surface area (Å²) in [5, 5.41) is 4.52. The van der Waals surface area contributed by atoms with Gasteiger partial charge in [0.1, 0.15) is 5.60 Å². The molecule has 4 aromatic rings. The minimum absolute atomic E-state index is 0.324. The van der Waals surface area contributed by atoms with Gasteiger partial charge in [-0.25, -0.2) is 4.79 Å². The van der Waals surface area contributed by atoms with E-state index in [1.165, 1.54) is 0 Å². The van der Waals surface area contributed by atoms with Crippen molar-refractivity contribution in [3.8, 4) is 0 Å². The Morgan fingerprint density at radius 1 is 0.812 bits per heavy atom. The van der Waals surface area contributed by atoms with Gasteiger partial charge in [0.15, 0.2) is 5.54 Å². The average Bonchev–Trinajstić information content (AvgIpc) is 2.76. The summed E-state index contributed by atoms with van der Waals surface area (Å²) in [5.41, 5.74) is 0.422. The first-order valence-corrected chi connectivity index (χ1v) is 11.0. The minimum Gasteiger partial charge on any atom is -0.458 e. The van der Waals surface area contributed by atoms with E-state index in [0.717, 1.165) is 32.7 Å². The topological polar surface area (TPSA) is 38.7 Å². The maximum absolute atomic E-state index is 13.3. The number of ether oxygens (including phenoxy) is 1. The van der Waals surface area contributed by atoms with E-state index in [4.69, 9.17) is 9.73 Å². The molecular formula is C29H29NO2. The fourth-order valence-electron chi connectivity index (χ4n) is 3.95. The van der Waals surface area contributed by atoms with E-state index in [1.807, 2.05) is 88.5 Å². The number of fused-ring (bicyclic) bond motifs is 2. The van der Waals surface area contributed by atoms with Crippen LogP contribution in [0.1, 0.15) is 38.8 Å². The fourth-order valence-corrected chi connectivity index (χ4v) is 3.95. The number of esters is 1. The summed E-state index contributed by atoms with van der Waals surface area (Å²) in [7, 11) is 0. The van der Waals surface area contributed by atoms with Crippen molar-refractivity contribution in [3.05, 3.63) is 96.1 Å². The lowest BCUT2D eigenvalue weighted by atomic mass is 9.92. The fraction of sp³-hybridized carbons (Fsp3) is 0.241. The molecule has 4 rings (SSSR count). The van der Waals surface area contributed by atoms with Crippen molar-refractivity contribution >= 4 is 33.7 Å². The van der Waals surface area contributed by atoms with Gasteiger partial charge in [0, 0.05) is 18.2 Å². The first-order chi connectivity index (χ1) is 15.3. The Morgan fingerprint density at radius 2 is 1.34 bits per heavy atom. The van der Waals surface area contributed by atoms with E-state index in [-0.39, 0.29) is 5.97 Å². The van der Waals surface area contributed by atoms with Crippen molar-refractivity contribution in [3.63, 3.8) is 0 Å². The van der Waals surface area contributed by atoms with E-state index >= 15 is 0 Å². The Hall–Kier alpha value is -3.46. The molecule has 3 heteroatoms. The van der Waals surface area contributed by atoms with Crippen molar-refractivity contribution in [2.75, 3.05) is 0 Å². The molecule has 0 fully saturated rings. The summed E-state index contributed by atoms with van der Waals surface area (Å²) in [4.78, 5) is 18.2. The number of aliphatic imine (C=N–C) groups is 1. The number of carbonyl (C=O) groups is 1. The Labute approximate surface area is 189 Å². The molecule has 0 N–H and O–H groups in total. The highest BCUT2D eigenvalue weighted by atomic mass is 16.6. The average molecular weight is 424 g/mol. The lowest BCUT2D eigenvalue weighted by Crippen LogP contribution is -2.41. The molecule has 0 amide bonds. The number of hydrogen-bond acceptors (Lipinski definition) is 3.